The minimum atomic E-state index is -4.31. The van der Waals surface area contributed by atoms with Crippen molar-refractivity contribution in [3.8, 4) is 0 Å². The fraction of sp³-hybridized carbons (Fsp3) is 0.318. The molecule has 1 heterocycles. The monoisotopic (exact) mass is 526 g/mol. The molecule has 1 aliphatic heterocycles. The Morgan fingerprint density at radius 1 is 1.23 bits per heavy atom. The lowest BCUT2D eigenvalue weighted by Crippen LogP contribution is -2.51. The zero-order valence-electron chi connectivity index (χ0n) is 19.1. The molecule has 35 heavy (non-hydrogen) atoms. The van der Waals surface area contributed by atoms with E-state index < -0.39 is 61.4 Å². The molecule has 2 aromatic rings. The van der Waals surface area contributed by atoms with Crippen LogP contribution in [-0.2, 0) is 25.9 Å². The van der Waals surface area contributed by atoms with E-state index in [-0.39, 0.29) is 12.2 Å². The standard InChI is InChI=1S/C22H24ClFN4O6S/c1-22(2,3)34-21(31)26-16-11-35(32,33)18-9-15(24)14(19(29)27-25)8-17(18)28(20(16)30)10-12-4-6-13(23)7-5-12/h4-9,16H,10-11,25H2,1-3H3,(H,26,31)(H,27,29)/t16-/m0/s1. The number of carbonyl (C=O) groups is 3. The Bertz CT molecular complexity index is 1280. The van der Waals surface area contributed by atoms with Crippen molar-refractivity contribution in [2.45, 2.75) is 43.9 Å². The van der Waals surface area contributed by atoms with Gasteiger partial charge in [-0.05, 0) is 50.6 Å². The van der Waals surface area contributed by atoms with Crippen molar-refractivity contribution < 1.29 is 31.9 Å². The van der Waals surface area contributed by atoms with Crippen LogP contribution in [0.25, 0.3) is 0 Å². The summed E-state index contributed by atoms with van der Waals surface area (Å²) in [5.41, 5.74) is 0.632. The molecule has 0 aromatic heterocycles. The number of alkyl carbamates (subject to hydrolysis) is 1. The van der Waals surface area contributed by atoms with Crippen LogP contribution in [-0.4, -0.2) is 43.7 Å². The molecule has 1 atom stereocenters. The predicted molar refractivity (Wildman–Crippen MR) is 126 cm³/mol. The van der Waals surface area contributed by atoms with Gasteiger partial charge in [-0.25, -0.2) is 23.4 Å². The Morgan fingerprint density at radius 2 is 1.86 bits per heavy atom. The number of amides is 3. The Hall–Kier alpha value is -3.22. The summed E-state index contributed by atoms with van der Waals surface area (Å²) < 4.78 is 46.2. The SMILES string of the molecule is CC(C)(C)OC(=O)N[C@H]1CS(=O)(=O)c2cc(F)c(C(=O)NN)cc2N(Cc2ccc(Cl)cc2)C1=O. The zero-order valence-corrected chi connectivity index (χ0v) is 20.7. The highest BCUT2D eigenvalue weighted by Crippen LogP contribution is 2.34. The van der Waals surface area contributed by atoms with Crippen molar-refractivity contribution in [1.82, 2.24) is 10.7 Å². The molecule has 0 saturated carbocycles. The Balaban J connectivity index is 2.15. The number of halogens is 2. The molecule has 13 heteroatoms. The van der Waals surface area contributed by atoms with Gasteiger partial charge in [-0.15, -0.1) is 0 Å². The van der Waals surface area contributed by atoms with Gasteiger partial charge in [-0.1, -0.05) is 23.7 Å². The molecule has 0 unspecified atom stereocenters. The second-order valence-electron chi connectivity index (χ2n) is 8.80. The lowest BCUT2D eigenvalue weighted by atomic mass is 10.1. The van der Waals surface area contributed by atoms with Gasteiger partial charge >= 0.3 is 6.09 Å². The first kappa shape index (κ1) is 26.4. The summed E-state index contributed by atoms with van der Waals surface area (Å²) in [6.07, 6.45) is -1.00. The summed E-state index contributed by atoms with van der Waals surface area (Å²) in [6, 6.07) is 6.42. The van der Waals surface area contributed by atoms with Crippen molar-refractivity contribution in [3.63, 3.8) is 0 Å². The van der Waals surface area contributed by atoms with Crippen LogP contribution in [0.15, 0.2) is 41.3 Å². The lowest BCUT2D eigenvalue weighted by Gasteiger charge is -2.27. The molecule has 0 spiro atoms. The molecule has 3 rings (SSSR count). The van der Waals surface area contributed by atoms with Crippen molar-refractivity contribution in [2.24, 2.45) is 5.84 Å². The van der Waals surface area contributed by atoms with E-state index in [1.54, 1.807) is 50.5 Å². The van der Waals surface area contributed by atoms with Crippen molar-refractivity contribution >= 4 is 45.0 Å². The number of rotatable bonds is 4. The van der Waals surface area contributed by atoms with E-state index in [1.807, 2.05) is 0 Å². The van der Waals surface area contributed by atoms with Gasteiger partial charge < -0.3 is 15.0 Å². The highest BCUT2D eigenvalue weighted by Gasteiger charge is 2.40. The van der Waals surface area contributed by atoms with Gasteiger partial charge in [0.15, 0.2) is 9.84 Å². The summed E-state index contributed by atoms with van der Waals surface area (Å²) in [7, 11) is -4.31. The summed E-state index contributed by atoms with van der Waals surface area (Å²) in [6.45, 7) is 4.65. The second kappa shape index (κ2) is 9.80. The van der Waals surface area contributed by atoms with Crippen LogP contribution >= 0.6 is 11.6 Å². The minimum Gasteiger partial charge on any atom is -0.444 e. The molecule has 1 aliphatic rings. The number of hydrogen-bond donors (Lipinski definition) is 3. The molecule has 188 valence electrons. The van der Waals surface area contributed by atoms with E-state index >= 15 is 0 Å². The molecule has 3 amide bonds. The van der Waals surface area contributed by atoms with Crippen LogP contribution in [0.4, 0.5) is 14.9 Å². The lowest BCUT2D eigenvalue weighted by molar-refractivity contribution is -0.120. The fourth-order valence-corrected chi connectivity index (χ4v) is 5.17. The van der Waals surface area contributed by atoms with Crippen LogP contribution < -0.4 is 21.5 Å². The van der Waals surface area contributed by atoms with Crippen LogP contribution in [0.3, 0.4) is 0 Å². The first-order valence-corrected chi connectivity index (χ1v) is 12.4. The molecule has 0 fully saturated rings. The number of nitrogens with one attached hydrogen (secondary N) is 2. The summed E-state index contributed by atoms with van der Waals surface area (Å²) >= 11 is 5.93. The average molecular weight is 527 g/mol. The van der Waals surface area contributed by atoms with Gasteiger partial charge in [-0.2, -0.15) is 0 Å². The van der Waals surface area contributed by atoms with Gasteiger partial charge in [0.25, 0.3) is 11.8 Å². The maximum Gasteiger partial charge on any atom is 0.408 e. The molecular formula is C22H24ClFN4O6S. The van der Waals surface area contributed by atoms with E-state index in [4.69, 9.17) is 22.2 Å². The largest absolute Gasteiger partial charge is 0.444 e. The fourth-order valence-electron chi connectivity index (χ4n) is 3.43. The third-order valence-corrected chi connectivity index (χ3v) is 6.97. The van der Waals surface area contributed by atoms with Gasteiger partial charge in [0.1, 0.15) is 17.5 Å². The number of nitrogen functional groups attached to an aromatic ring is 1. The first-order chi connectivity index (χ1) is 16.2. The normalized spacial score (nSPS) is 17.3. The number of hydrazine groups is 1. The van der Waals surface area contributed by atoms with E-state index in [0.29, 0.717) is 16.7 Å². The highest BCUT2D eigenvalue weighted by atomic mass is 35.5. The number of sulfone groups is 1. The Labute approximate surface area is 206 Å². The maximum absolute atomic E-state index is 14.7. The van der Waals surface area contributed by atoms with Crippen LogP contribution in [0, 0.1) is 5.82 Å². The number of hydrogen-bond acceptors (Lipinski definition) is 7. The van der Waals surface area contributed by atoms with Crippen molar-refractivity contribution in [2.75, 3.05) is 10.7 Å². The maximum atomic E-state index is 14.7. The molecular weight excluding hydrogens is 503 g/mol. The molecule has 0 saturated heterocycles. The zero-order chi connectivity index (χ0) is 26.1. The summed E-state index contributed by atoms with van der Waals surface area (Å²) in [5.74, 6) is 1.30. The van der Waals surface area contributed by atoms with E-state index in [1.165, 1.54) is 0 Å². The molecule has 4 N–H and O–H groups in total. The minimum absolute atomic E-state index is 0.166. The smallest absolute Gasteiger partial charge is 0.408 e. The van der Waals surface area contributed by atoms with Crippen LogP contribution in [0.2, 0.25) is 5.02 Å². The average Bonchev–Trinajstić information content (AvgIpc) is 2.82. The van der Waals surface area contributed by atoms with Crippen molar-refractivity contribution in [1.29, 1.82) is 0 Å². The number of nitrogens with two attached hydrogens (primary N) is 1. The molecule has 0 radical (unpaired) electrons. The Morgan fingerprint density at radius 3 is 2.43 bits per heavy atom. The number of carbonyl (C=O) groups excluding carboxylic acids is 3. The third-order valence-electron chi connectivity index (χ3n) is 4.95. The van der Waals surface area contributed by atoms with E-state index in [0.717, 1.165) is 11.0 Å². The second-order valence-corrected chi connectivity index (χ2v) is 11.2. The number of ether oxygens (including phenoxy) is 1. The topological polar surface area (TPSA) is 148 Å². The number of anilines is 1. The van der Waals surface area contributed by atoms with Crippen molar-refractivity contribution in [3.05, 3.63) is 58.4 Å². The third kappa shape index (κ3) is 6.08. The number of nitrogens with zero attached hydrogens (tertiary/aromatic N) is 1. The van der Waals surface area contributed by atoms with E-state index in [2.05, 4.69) is 5.32 Å². The summed E-state index contributed by atoms with van der Waals surface area (Å²) in [4.78, 5) is 38.5. The molecule has 2 aromatic carbocycles. The summed E-state index contributed by atoms with van der Waals surface area (Å²) in [5, 5.41) is 2.74. The molecule has 10 nitrogen and oxygen atoms in total. The van der Waals surface area contributed by atoms with Gasteiger partial charge in [0.05, 0.1) is 28.4 Å². The van der Waals surface area contributed by atoms with Gasteiger partial charge in [-0.3, -0.25) is 15.0 Å². The predicted octanol–water partition coefficient (Wildman–Crippen LogP) is 2.30. The Kier molecular flexibility index (Phi) is 7.39. The van der Waals surface area contributed by atoms with Gasteiger partial charge in [0.2, 0.25) is 0 Å². The molecule has 0 bridgehead atoms. The quantitative estimate of drug-likeness (QED) is 0.314. The molecule has 0 aliphatic carbocycles. The van der Waals surface area contributed by atoms with Gasteiger partial charge in [0, 0.05) is 5.02 Å². The van der Waals surface area contributed by atoms with Crippen LogP contribution in [0.5, 0.6) is 0 Å². The first-order valence-electron chi connectivity index (χ1n) is 10.3. The number of fused-ring (bicyclic) bond motifs is 1. The van der Waals surface area contributed by atoms with E-state index in [9.17, 15) is 27.2 Å². The van der Waals surface area contributed by atoms with Crippen LogP contribution in [0.1, 0.15) is 36.7 Å². The number of benzene rings is 2. The highest BCUT2D eigenvalue weighted by molar-refractivity contribution is 7.91.